The van der Waals surface area contributed by atoms with Crippen LogP contribution < -0.4 is 10.1 Å². The maximum atomic E-state index is 9.47. The van der Waals surface area contributed by atoms with Crippen molar-refractivity contribution >= 4 is 10.9 Å². The molecule has 1 aliphatic rings. The van der Waals surface area contributed by atoms with Crippen LogP contribution >= 0.6 is 0 Å². The van der Waals surface area contributed by atoms with Crippen molar-refractivity contribution in [2.45, 2.75) is 18.9 Å². The zero-order valence-electron chi connectivity index (χ0n) is 9.44. The molecule has 2 heterocycles. The molecule has 0 spiro atoms. The van der Waals surface area contributed by atoms with Crippen LogP contribution in [0.4, 0.5) is 0 Å². The molecule has 0 radical (unpaired) electrons. The van der Waals surface area contributed by atoms with Crippen LogP contribution in [-0.4, -0.2) is 34.5 Å². The highest BCUT2D eigenvalue weighted by atomic mass is 16.5. The van der Waals surface area contributed by atoms with Crippen molar-refractivity contribution in [1.29, 1.82) is 0 Å². The molecule has 2 aromatic rings. The Morgan fingerprint density at radius 2 is 2.12 bits per heavy atom. The second-order valence-corrected chi connectivity index (χ2v) is 4.33. The second kappa shape index (κ2) is 4.25. The van der Waals surface area contributed by atoms with Gasteiger partial charge in [-0.25, -0.2) is 0 Å². The summed E-state index contributed by atoms with van der Waals surface area (Å²) in [7, 11) is 0. The molecule has 90 valence electrons. The lowest BCUT2D eigenvalue weighted by Gasteiger charge is -2.22. The van der Waals surface area contributed by atoms with Gasteiger partial charge < -0.3 is 15.2 Å². The topological polar surface area (TPSA) is 70.2 Å². The molecule has 1 aromatic heterocycles. The number of aromatic hydroxyl groups is 1. The third kappa shape index (κ3) is 2.06. The number of rotatable bonds is 2. The summed E-state index contributed by atoms with van der Waals surface area (Å²) in [5, 5.41) is 20.7. The van der Waals surface area contributed by atoms with Gasteiger partial charge in [0.1, 0.15) is 11.9 Å². The summed E-state index contributed by atoms with van der Waals surface area (Å²) >= 11 is 0. The molecule has 3 N–H and O–H groups in total. The number of nitrogens with zero attached hydrogens (tertiary/aromatic N) is 1. The minimum Gasteiger partial charge on any atom is -0.508 e. The molecule has 0 unspecified atom stereocenters. The summed E-state index contributed by atoms with van der Waals surface area (Å²) in [6, 6.07) is 5.11. The number of phenols is 1. The van der Waals surface area contributed by atoms with Crippen molar-refractivity contribution in [3.8, 4) is 11.6 Å². The number of hydrogen-bond acceptors (Lipinski definition) is 4. The molecular weight excluding hydrogens is 218 g/mol. The van der Waals surface area contributed by atoms with Crippen molar-refractivity contribution in [2.75, 3.05) is 13.1 Å². The lowest BCUT2D eigenvalue weighted by Crippen LogP contribution is -2.34. The molecule has 1 saturated heterocycles. The van der Waals surface area contributed by atoms with Crippen LogP contribution in [0.2, 0.25) is 0 Å². The van der Waals surface area contributed by atoms with Crippen molar-refractivity contribution in [3.63, 3.8) is 0 Å². The Morgan fingerprint density at radius 3 is 2.94 bits per heavy atom. The SMILES string of the molecule is Oc1ccc2[nH]nc(OC3CCNCC3)c2c1. The van der Waals surface area contributed by atoms with E-state index in [0.29, 0.717) is 5.88 Å². The zero-order chi connectivity index (χ0) is 11.7. The van der Waals surface area contributed by atoms with Crippen molar-refractivity contribution in [3.05, 3.63) is 18.2 Å². The van der Waals surface area contributed by atoms with E-state index in [1.807, 2.05) is 0 Å². The smallest absolute Gasteiger partial charge is 0.240 e. The van der Waals surface area contributed by atoms with E-state index >= 15 is 0 Å². The van der Waals surface area contributed by atoms with Gasteiger partial charge in [-0.05, 0) is 44.1 Å². The molecule has 5 heteroatoms. The molecule has 1 fully saturated rings. The summed E-state index contributed by atoms with van der Waals surface area (Å²) in [5.74, 6) is 0.817. The summed E-state index contributed by atoms with van der Waals surface area (Å²) in [6.07, 6.45) is 2.20. The summed E-state index contributed by atoms with van der Waals surface area (Å²) in [6.45, 7) is 1.97. The van der Waals surface area contributed by atoms with Gasteiger partial charge in [0.15, 0.2) is 0 Å². The van der Waals surface area contributed by atoms with E-state index < -0.39 is 0 Å². The van der Waals surface area contributed by atoms with E-state index in [1.165, 1.54) is 0 Å². The van der Waals surface area contributed by atoms with Gasteiger partial charge in [0, 0.05) is 0 Å². The molecule has 17 heavy (non-hydrogen) atoms. The van der Waals surface area contributed by atoms with Crippen LogP contribution in [0.15, 0.2) is 18.2 Å². The average molecular weight is 233 g/mol. The number of benzene rings is 1. The Bertz CT molecular complexity index is 517. The quantitative estimate of drug-likeness (QED) is 0.733. The summed E-state index contributed by atoms with van der Waals surface area (Å²) in [5.41, 5.74) is 0.881. The lowest BCUT2D eigenvalue weighted by molar-refractivity contribution is 0.157. The molecule has 1 aromatic carbocycles. The number of aromatic amines is 1. The van der Waals surface area contributed by atoms with E-state index in [4.69, 9.17) is 4.74 Å². The Kier molecular flexibility index (Phi) is 2.60. The third-order valence-electron chi connectivity index (χ3n) is 3.08. The van der Waals surface area contributed by atoms with E-state index in [1.54, 1.807) is 18.2 Å². The highest BCUT2D eigenvalue weighted by Crippen LogP contribution is 2.27. The van der Waals surface area contributed by atoms with Crippen LogP contribution in [0.25, 0.3) is 10.9 Å². The Hall–Kier alpha value is -1.75. The minimum atomic E-state index is 0.213. The first-order valence-electron chi connectivity index (χ1n) is 5.87. The van der Waals surface area contributed by atoms with Gasteiger partial charge >= 0.3 is 0 Å². The monoisotopic (exact) mass is 233 g/mol. The van der Waals surface area contributed by atoms with Gasteiger partial charge in [-0.15, -0.1) is 5.10 Å². The van der Waals surface area contributed by atoms with E-state index in [9.17, 15) is 5.11 Å². The fraction of sp³-hybridized carbons (Fsp3) is 0.417. The first-order chi connectivity index (χ1) is 8.33. The van der Waals surface area contributed by atoms with Crippen molar-refractivity contribution in [1.82, 2.24) is 15.5 Å². The first kappa shape index (κ1) is 10.4. The molecular formula is C12H15N3O2. The predicted octanol–water partition coefficient (Wildman–Crippen LogP) is 1.40. The average Bonchev–Trinajstić information content (AvgIpc) is 2.73. The normalized spacial score (nSPS) is 17.4. The lowest BCUT2D eigenvalue weighted by atomic mass is 10.1. The number of aromatic nitrogens is 2. The highest BCUT2D eigenvalue weighted by molar-refractivity contribution is 5.85. The molecule has 0 amide bonds. The number of fused-ring (bicyclic) bond motifs is 1. The van der Waals surface area contributed by atoms with Crippen molar-refractivity contribution < 1.29 is 9.84 Å². The molecule has 0 saturated carbocycles. The van der Waals surface area contributed by atoms with Gasteiger partial charge in [-0.3, -0.25) is 5.10 Å². The van der Waals surface area contributed by atoms with Crippen LogP contribution in [0.3, 0.4) is 0 Å². The van der Waals surface area contributed by atoms with Crippen LogP contribution in [-0.2, 0) is 0 Å². The van der Waals surface area contributed by atoms with Gasteiger partial charge in [0.25, 0.3) is 0 Å². The Morgan fingerprint density at radius 1 is 1.29 bits per heavy atom. The molecule has 3 rings (SSSR count). The standard InChI is InChI=1S/C12H15N3O2/c16-8-1-2-11-10(7-8)12(15-14-11)17-9-3-5-13-6-4-9/h1-2,7,9,13,16H,3-6H2,(H,14,15). The van der Waals surface area contributed by atoms with Gasteiger partial charge in [-0.1, -0.05) is 0 Å². The van der Waals surface area contributed by atoms with Crippen molar-refractivity contribution in [2.24, 2.45) is 0 Å². The first-order valence-corrected chi connectivity index (χ1v) is 5.87. The number of H-pyrrole nitrogens is 1. The second-order valence-electron chi connectivity index (χ2n) is 4.33. The fourth-order valence-corrected chi connectivity index (χ4v) is 2.14. The largest absolute Gasteiger partial charge is 0.508 e. The minimum absolute atomic E-state index is 0.213. The number of nitrogens with one attached hydrogen (secondary N) is 2. The van der Waals surface area contributed by atoms with E-state index in [2.05, 4.69) is 15.5 Å². The molecule has 0 atom stereocenters. The van der Waals surface area contributed by atoms with E-state index in [-0.39, 0.29) is 11.9 Å². The third-order valence-corrected chi connectivity index (χ3v) is 3.08. The number of hydrogen-bond donors (Lipinski definition) is 3. The molecule has 0 bridgehead atoms. The zero-order valence-corrected chi connectivity index (χ0v) is 9.44. The summed E-state index contributed by atoms with van der Waals surface area (Å²) in [4.78, 5) is 0. The summed E-state index contributed by atoms with van der Waals surface area (Å²) < 4.78 is 5.87. The maximum Gasteiger partial charge on any atom is 0.240 e. The number of phenolic OH excluding ortho intramolecular Hbond substituents is 1. The number of ether oxygens (including phenoxy) is 1. The maximum absolute atomic E-state index is 9.47. The number of piperidine rings is 1. The van der Waals surface area contributed by atoms with Crippen LogP contribution in [0.1, 0.15) is 12.8 Å². The van der Waals surface area contributed by atoms with Gasteiger partial charge in [0.05, 0.1) is 10.9 Å². The Labute approximate surface area is 98.8 Å². The molecule has 5 nitrogen and oxygen atoms in total. The molecule has 1 aliphatic heterocycles. The van der Waals surface area contributed by atoms with Gasteiger partial charge in [0.2, 0.25) is 5.88 Å². The predicted molar refractivity (Wildman–Crippen MR) is 64.3 cm³/mol. The van der Waals surface area contributed by atoms with E-state index in [0.717, 1.165) is 36.8 Å². The molecule has 0 aliphatic carbocycles. The Balaban J connectivity index is 1.86. The highest BCUT2D eigenvalue weighted by Gasteiger charge is 2.17. The van der Waals surface area contributed by atoms with Crippen LogP contribution in [0, 0.1) is 0 Å². The van der Waals surface area contributed by atoms with Crippen LogP contribution in [0.5, 0.6) is 11.6 Å². The fourth-order valence-electron chi connectivity index (χ4n) is 2.14. The van der Waals surface area contributed by atoms with Gasteiger partial charge in [-0.2, -0.15) is 0 Å².